The molecule has 0 spiro atoms. The topological polar surface area (TPSA) is 79.6 Å². The van der Waals surface area contributed by atoms with E-state index < -0.39 is 11.8 Å². The molecular formula is C20H20N2O4. The molecule has 6 heteroatoms. The number of rotatable bonds is 6. The van der Waals surface area contributed by atoms with Crippen molar-refractivity contribution >= 4 is 11.8 Å². The van der Waals surface area contributed by atoms with Gasteiger partial charge in [-0.05, 0) is 12.5 Å². The van der Waals surface area contributed by atoms with Crippen LogP contribution in [0.1, 0.15) is 27.6 Å². The van der Waals surface area contributed by atoms with Gasteiger partial charge in [-0.15, -0.1) is 0 Å². The van der Waals surface area contributed by atoms with E-state index in [9.17, 15) is 14.9 Å². The summed E-state index contributed by atoms with van der Waals surface area (Å²) in [4.78, 5) is 27.2. The zero-order valence-electron chi connectivity index (χ0n) is 15.2. The van der Waals surface area contributed by atoms with Crippen LogP contribution in [-0.4, -0.2) is 44.5 Å². The lowest BCUT2D eigenvalue weighted by molar-refractivity contribution is 0.0524. The lowest BCUT2D eigenvalue weighted by Crippen LogP contribution is -2.10. The molecule has 0 bridgehead atoms. The van der Waals surface area contributed by atoms with Crippen LogP contribution < -0.4 is 4.74 Å². The zero-order valence-corrected chi connectivity index (χ0v) is 15.2. The molecule has 2 aliphatic carbocycles. The summed E-state index contributed by atoms with van der Waals surface area (Å²) in [6.45, 7) is 1.90. The number of ether oxygens (including phenoxy) is 2. The fraction of sp³-hybridized carbons (Fsp3) is 0.250. The first-order valence-electron chi connectivity index (χ1n) is 8.05. The van der Waals surface area contributed by atoms with E-state index >= 15 is 0 Å². The molecule has 0 aromatic rings. The second-order valence-electron chi connectivity index (χ2n) is 5.69. The molecule has 0 atom stereocenters. The van der Waals surface area contributed by atoms with Crippen LogP contribution >= 0.6 is 0 Å². The highest BCUT2D eigenvalue weighted by molar-refractivity contribution is 6.21. The Morgan fingerprint density at radius 3 is 2.27 bits per heavy atom. The number of carbonyl (C=O) groups is 2. The number of methoxy groups -OCH3 is 1. The van der Waals surface area contributed by atoms with Crippen molar-refractivity contribution in [1.29, 1.82) is 5.26 Å². The fourth-order valence-electron chi connectivity index (χ4n) is 2.72. The van der Waals surface area contributed by atoms with Crippen LogP contribution in [-0.2, 0) is 4.74 Å². The van der Waals surface area contributed by atoms with E-state index in [1.807, 2.05) is 6.07 Å². The number of allylic oxidation sites excluding steroid dienone is 1. The van der Waals surface area contributed by atoms with Gasteiger partial charge in [0.25, 0.3) is 0 Å². The molecule has 0 aromatic heterocycles. The number of hydrogen-bond acceptors (Lipinski definition) is 6. The molecule has 0 N–H and O–H groups in total. The predicted molar refractivity (Wildman–Crippen MR) is 97.3 cm³/mol. The quantitative estimate of drug-likeness (QED) is 0.344. The van der Waals surface area contributed by atoms with Crippen molar-refractivity contribution < 1.29 is 19.1 Å². The number of Topliss-reactive ketones (excluding diaryl/α,β-unsaturated/α-hetero) is 1. The fourth-order valence-corrected chi connectivity index (χ4v) is 2.72. The van der Waals surface area contributed by atoms with Gasteiger partial charge in [-0.3, -0.25) is 4.79 Å². The minimum absolute atomic E-state index is 0.0536. The van der Waals surface area contributed by atoms with Crippen molar-refractivity contribution in [2.45, 2.75) is 6.92 Å². The molecule has 2 aliphatic rings. The Morgan fingerprint density at radius 1 is 1.15 bits per heavy atom. The van der Waals surface area contributed by atoms with Crippen LogP contribution in [0.4, 0.5) is 0 Å². The van der Waals surface area contributed by atoms with Gasteiger partial charge in [0.05, 0.1) is 19.3 Å². The van der Waals surface area contributed by atoms with Gasteiger partial charge in [0.15, 0.2) is 0 Å². The summed E-state index contributed by atoms with van der Waals surface area (Å²) in [5.74, 6) is -0.964. The minimum atomic E-state index is -0.574. The van der Waals surface area contributed by atoms with Gasteiger partial charge in [-0.1, -0.05) is 30.3 Å². The maximum absolute atomic E-state index is 13.1. The van der Waals surface area contributed by atoms with Gasteiger partial charge < -0.3 is 14.4 Å². The van der Waals surface area contributed by atoms with Gasteiger partial charge in [0, 0.05) is 25.9 Å². The van der Waals surface area contributed by atoms with Gasteiger partial charge in [-0.25, -0.2) is 4.79 Å². The van der Waals surface area contributed by atoms with E-state index in [1.165, 1.54) is 13.3 Å². The summed E-state index contributed by atoms with van der Waals surface area (Å²) in [5.41, 5.74) is 1.38. The number of nitriles is 1. The first-order chi connectivity index (χ1) is 12.5. The van der Waals surface area contributed by atoms with E-state index in [0.29, 0.717) is 11.1 Å². The van der Waals surface area contributed by atoms with Crippen LogP contribution in [0.3, 0.4) is 0 Å². The number of nitrogens with zero attached hydrogens (tertiary/aromatic N) is 2. The summed E-state index contributed by atoms with van der Waals surface area (Å²) in [5, 5.41) is 9.39. The summed E-state index contributed by atoms with van der Waals surface area (Å²) in [7, 11) is 4.82. The summed E-state index contributed by atoms with van der Waals surface area (Å²) >= 11 is 0. The number of carbonyl (C=O) groups excluding carboxylic acids is 2. The second-order valence-corrected chi connectivity index (χ2v) is 5.69. The summed E-state index contributed by atoms with van der Waals surface area (Å²) in [6, 6.07) is 10.7. The lowest BCUT2D eigenvalue weighted by Gasteiger charge is -2.08. The molecular weight excluding hydrogens is 332 g/mol. The van der Waals surface area contributed by atoms with Crippen LogP contribution in [0.25, 0.3) is 11.1 Å². The Hall–Kier alpha value is -3.33. The molecule has 0 fully saturated rings. The maximum Gasteiger partial charge on any atom is 0.342 e. The highest BCUT2D eigenvalue weighted by atomic mass is 16.5. The Bertz CT molecular complexity index is 878. The summed E-state index contributed by atoms with van der Waals surface area (Å²) < 4.78 is 10.5. The SMILES string of the molecule is CCOC(=O)c1c2cccccc-2c(C(=O)/C(C#N)=C/N(C)C)c1OC. The minimum Gasteiger partial charge on any atom is -0.495 e. The third kappa shape index (κ3) is 3.52. The van der Waals surface area contributed by atoms with Crippen LogP contribution in [0.5, 0.6) is 5.75 Å². The third-order valence-corrected chi connectivity index (χ3v) is 3.69. The third-order valence-electron chi connectivity index (χ3n) is 3.69. The highest BCUT2D eigenvalue weighted by Crippen LogP contribution is 2.43. The Kier molecular flexibility index (Phi) is 5.97. The van der Waals surface area contributed by atoms with Crippen LogP contribution in [0, 0.1) is 11.3 Å². The van der Waals surface area contributed by atoms with Gasteiger partial charge >= 0.3 is 5.97 Å². The predicted octanol–water partition coefficient (Wildman–Crippen LogP) is 3.13. The monoisotopic (exact) mass is 352 g/mol. The molecule has 0 aromatic carbocycles. The molecule has 0 saturated heterocycles. The highest BCUT2D eigenvalue weighted by Gasteiger charge is 2.33. The molecule has 26 heavy (non-hydrogen) atoms. The molecule has 0 heterocycles. The van der Waals surface area contributed by atoms with Gasteiger partial charge in [0.2, 0.25) is 5.78 Å². The lowest BCUT2D eigenvalue weighted by atomic mass is 10.0. The van der Waals surface area contributed by atoms with Crippen molar-refractivity contribution in [2.75, 3.05) is 27.8 Å². The maximum atomic E-state index is 13.1. The average molecular weight is 352 g/mol. The molecule has 0 saturated carbocycles. The van der Waals surface area contributed by atoms with Gasteiger partial charge in [0.1, 0.15) is 23.0 Å². The van der Waals surface area contributed by atoms with Gasteiger partial charge in [-0.2, -0.15) is 5.26 Å². The van der Waals surface area contributed by atoms with E-state index in [1.54, 1.807) is 56.3 Å². The van der Waals surface area contributed by atoms with Crippen LogP contribution in [0.2, 0.25) is 0 Å². The normalized spacial score (nSPS) is 11.0. The van der Waals surface area contributed by atoms with Crippen molar-refractivity contribution in [3.8, 4) is 22.9 Å². The van der Waals surface area contributed by atoms with Crippen molar-refractivity contribution in [1.82, 2.24) is 4.90 Å². The Balaban J connectivity index is 2.81. The van der Waals surface area contributed by atoms with Crippen LogP contribution in [0.15, 0.2) is 42.1 Å². The average Bonchev–Trinajstić information content (AvgIpc) is 2.74. The Morgan fingerprint density at radius 2 is 1.77 bits per heavy atom. The first-order valence-corrected chi connectivity index (χ1v) is 8.05. The second kappa shape index (κ2) is 8.17. The molecule has 0 aliphatic heterocycles. The molecule has 6 nitrogen and oxygen atoms in total. The number of fused-ring (bicyclic) bond motifs is 1. The van der Waals surface area contributed by atoms with E-state index in [0.717, 1.165) is 0 Å². The van der Waals surface area contributed by atoms with Crippen molar-refractivity contribution in [3.05, 3.63) is 53.2 Å². The number of ketones is 1. The first kappa shape index (κ1) is 19.0. The van der Waals surface area contributed by atoms with E-state index in [-0.39, 0.29) is 29.1 Å². The molecule has 0 amide bonds. The zero-order chi connectivity index (χ0) is 19.3. The number of hydrogen-bond donors (Lipinski definition) is 0. The van der Waals surface area contributed by atoms with Crippen molar-refractivity contribution in [2.24, 2.45) is 0 Å². The van der Waals surface area contributed by atoms with E-state index in [2.05, 4.69) is 0 Å². The largest absolute Gasteiger partial charge is 0.495 e. The standard InChI is InChI=1S/C20H20N2O4/c1-5-26-20(24)17-15-10-8-6-7-9-14(15)16(19(17)25-4)18(23)13(11-21)12-22(2)3/h6-10,12H,5H2,1-4H3/b13-12+. The Labute approximate surface area is 152 Å². The number of esters is 1. The molecule has 2 rings (SSSR count). The van der Waals surface area contributed by atoms with Crippen molar-refractivity contribution in [3.63, 3.8) is 0 Å². The molecule has 0 radical (unpaired) electrons. The summed E-state index contributed by atoms with van der Waals surface area (Å²) in [6.07, 6.45) is 1.44. The smallest absolute Gasteiger partial charge is 0.342 e. The molecule has 0 unspecified atom stereocenters. The molecule has 134 valence electrons. The van der Waals surface area contributed by atoms with E-state index in [4.69, 9.17) is 9.47 Å².